The predicted molar refractivity (Wildman–Crippen MR) is 68.4 cm³/mol. The van der Waals surface area contributed by atoms with E-state index in [0.29, 0.717) is 12.2 Å². The van der Waals surface area contributed by atoms with Crippen molar-refractivity contribution < 1.29 is 9.53 Å². The first kappa shape index (κ1) is 12.0. The van der Waals surface area contributed by atoms with E-state index in [9.17, 15) is 4.79 Å². The number of carbonyl (C=O) groups excluding carboxylic acids is 1. The van der Waals surface area contributed by atoms with Crippen molar-refractivity contribution in [3.63, 3.8) is 0 Å². The molecule has 0 amide bonds. The SMILES string of the molecule is CCOC(=O)c1ccc2c(c1)CCC(C)(C)N2. The predicted octanol–water partition coefficient (Wildman–Crippen LogP) is 3.00. The molecule has 92 valence electrons. The van der Waals surface area contributed by atoms with Crippen LogP contribution in [0.3, 0.4) is 0 Å². The number of hydrogen-bond acceptors (Lipinski definition) is 3. The van der Waals surface area contributed by atoms with Crippen molar-refractivity contribution in [3.05, 3.63) is 29.3 Å². The van der Waals surface area contributed by atoms with Gasteiger partial charge in [-0.25, -0.2) is 4.79 Å². The fourth-order valence-electron chi connectivity index (χ4n) is 2.14. The Morgan fingerprint density at radius 1 is 1.47 bits per heavy atom. The molecule has 0 atom stereocenters. The zero-order valence-electron chi connectivity index (χ0n) is 10.7. The number of aryl methyl sites for hydroxylation is 1. The average molecular weight is 233 g/mol. The van der Waals surface area contributed by atoms with Gasteiger partial charge in [0.25, 0.3) is 0 Å². The van der Waals surface area contributed by atoms with E-state index in [2.05, 4.69) is 19.2 Å². The van der Waals surface area contributed by atoms with Crippen molar-refractivity contribution in [2.45, 2.75) is 39.2 Å². The van der Waals surface area contributed by atoms with Gasteiger partial charge in [-0.05, 0) is 57.4 Å². The number of benzene rings is 1. The van der Waals surface area contributed by atoms with Gasteiger partial charge in [0, 0.05) is 11.2 Å². The molecule has 0 spiro atoms. The highest BCUT2D eigenvalue weighted by molar-refractivity contribution is 5.90. The van der Waals surface area contributed by atoms with Crippen LogP contribution in [0.5, 0.6) is 0 Å². The van der Waals surface area contributed by atoms with Crippen LogP contribution in [-0.4, -0.2) is 18.1 Å². The van der Waals surface area contributed by atoms with Crippen molar-refractivity contribution in [2.24, 2.45) is 0 Å². The molecule has 3 heteroatoms. The van der Waals surface area contributed by atoms with E-state index in [0.717, 1.165) is 18.5 Å². The van der Waals surface area contributed by atoms with Crippen LogP contribution in [0.1, 0.15) is 43.1 Å². The van der Waals surface area contributed by atoms with Crippen LogP contribution in [0.2, 0.25) is 0 Å². The van der Waals surface area contributed by atoms with Gasteiger partial charge in [0.05, 0.1) is 12.2 Å². The lowest BCUT2D eigenvalue weighted by atomic mass is 9.89. The normalized spacial score (nSPS) is 16.9. The molecule has 0 aliphatic carbocycles. The topological polar surface area (TPSA) is 38.3 Å². The maximum Gasteiger partial charge on any atom is 0.338 e. The average Bonchev–Trinajstić information content (AvgIpc) is 2.27. The minimum Gasteiger partial charge on any atom is -0.462 e. The third-order valence-corrected chi connectivity index (χ3v) is 3.11. The largest absolute Gasteiger partial charge is 0.462 e. The summed E-state index contributed by atoms with van der Waals surface area (Å²) in [6.45, 7) is 6.62. The first-order chi connectivity index (χ1) is 8.02. The maximum atomic E-state index is 11.6. The van der Waals surface area contributed by atoms with Gasteiger partial charge in [-0.2, -0.15) is 0 Å². The second-order valence-corrected chi connectivity index (χ2v) is 5.10. The third kappa shape index (κ3) is 2.60. The van der Waals surface area contributed by atoms with E-state index >= 15 is 0 Å². The van der Waals surface area contributed by atoms with E-state index in [1.54, 1.807) is 0 Å². The number of anilines is 1. The molecule has 2 rings (SSSR count). The number of rotatable bonds is 2. The summed E-state index contributed by atoms with van der Waals surface area (Å²) >= 11 is 0. The lowest BCUT2D eigenvalue weighted by Crippen LogP contribution is -2.35. The van der Waals surface area contributed by atoms with Gasteiger partial charge < -0.3 is 10.1 Å². The highest BCUT2D eigenvalue weighted by Gasteiger charge is 2.24. The summed E-state index contributed by atoms with van der Waals surface area (Å²) in [5.74, 6) is -0.236. The zero-order valence-corrected chi connectivity index (χ0v) is 10.7. The quantitative estimate of drug-likeness (QED) is 0.798. The van der Waals surface area contributed by atoms with Gasteiger partial charge in [0.1, 0.15) is 0 Å². The van der Waals surface area contributed by atoms with Gasteiger partial charge in [-0.3, -0.25) is 0 Å². The van der Waals surface area contributed by atoms with Crippen LogP contribution in [0.15, 0.2) is 18.2 Å². The Labute approximate surface area is 102 Å². The van der Waals surface area contributed by atoms with Gasteiger partial charge in [0.15, 0.2) is 0 Å². The van der Waals surface area contributed by atoms with Crippen LogP contribution in [0.4, 0.5) is 5.69 Å². The zero-order chi connectivity index (χ0) is 12.5. The summed E-state index contributed by atoms with van der Waals surface area (Å²) in [6, 6.07) is 5.74. The van der Waals surface area contributed by atoms with Crippen LogP contribution < -0.4 is 5.32 Å². The van der Waals surface area contributed by atoms with E-state index in [-0.39, 0.29) is 11.5 Å². The van der Waals surface area contributed by atoms with E-state index < -0.39 is 0 Å². The number of nitrogens with one attached hydrogen (secondary N) is 1. The van der Waals surface area contributed by atoms with E-state index in [4.69, 9.17) is 4.74 Å². The molecule has 1 aliphatic heterocycles. The number of ether oxygens (including phenoxy) is 1. The van der Waals surface area contributed by atoms with Crippen molar-refractivity contribution in [2.75, 3.05) is 11.9 Å². The molecule has 0 unspecified atom stereocenters. The van der Waals surface area contributed by atoms with Crippen LogP contribution >= 0.6 is 0 Å². The molecule has 1 aromatic carbocycles. The van der Waals surface area contributed by atoms with Crippen molar-refractivity contribution in [3.8, 4) is 0 Å². The summed E-state index contributed by atoms with van der Waals surface area (Å²) in [6.07, 6.45) is 2.08. The van der Waals surface area contributed by atoms with Crippen molar-refractivity contribution >= 4 is 11.7 Å². The smallest absolute Gasteiger partial charge is 0.338 e. The Balaban J connectivity index is 2.24. The van der Waals surface area contributed by atoms with Gasteiger partial charge in [-0.15, -0.1) is 0 Å². The summed E-state index contributed by atoms with van der Waals surface area (Å²) in [7, 11) is 0. The summed E-state index contributed by atoms with van der Waals surface area (Å²) in [4.78, 5) is 11.6. The fourth-order valence-corrected chi connectivity index (χ4v) is 2.14. The molecule has 3 nitrogen and oxygen atoms in total. The molecular formula is C14H19NO2. The minimum atomic E-state index is -0.236. The number of fused-ring (bicyclic) bond motifs is 1. The second-order valence-electron chi connectivity index (χ2n) is 5.10. The van der Waals surface area contributed by atoms with Crippen LogP contribution in [0, 0.1) is 0 Å². The lowest BCUT2D eigenvalue weighted by molar-refractivity contribution is 0.0526. The first-order valence-corrected chi connectivity index (χ1v) is 6.10. The van der Waals surface area contributed by atoms with E-state index in [1.807, 2.05) is 25.1 Å². The minimum absolute atomic E-state index is 0.137. The van der Waals surface area contributed by atoms with E-state index in [1.165, 1.54) is 5.56 Å². The van der Waals surface area contributed by atoms with Gasteiger partial charge in [0.2, 0.25) is 0 Å². The molecule has 0 bridgehead atoms. The molecule has 0 fully saturated rings. The van der Waals surface area contributed by atoms with Crippen molar-refractivity contribution in [1.29, 1.82) is 0 Å². The highest BCUT2D eigenvalue weighted by atomic mass is 16.5. The standard InChI is InChI=1S/C14H19NO2/c1-4-17-13(16)11-5-6-12-10(9-11)7-8-14(2,3)15-12/h5-6,9,15H,4,7-8H2,1-3H3. The van der Waals surface area contributed by atoms with Gasteiger partial charge in [-0.1, -0.05) is 0 Å². The molecule has 1 aromatic rings. The number of carbonyl (C=O) groups is 1. The molecule has 0 saturated heterocycles. The molecule has 0 radical (unpaired) electrons. The third-order valence-electron chi connectivity index (χ3n) is 3.11. The molecule has 1 N–H and O–H groups in total. The highest BCUT2D eigenvalue weighted by Crippen LogP contribution is 2.31. The number of hydrogen-bond donors (Lipinski definition) is 1. The van der Waals surface area contributed by atoms with Crippen molar-refractivity contribution in [1.82, 2.24) is 0 Å². The summed E-state index contributed by atoms with van der Waals surface area (Å²) < 4.78 is 5.00. The maximum absolute atomic E-state index is 11.6. The second kappa shape index (κ2) is 4.40. The molecule has 1 heterocycles. The Morgan fingerprint density at radius 3 is 2.94 bits per heavy atom. The number of esters is 1. The summed E-state index contributed by atoms with van der Waals surface area (Å²) in [5, 5.41) is 3.48. The van der Waals surface area contributed by atoms with Crippen LogP contribution in [0.25, 0.3) is 0 Å². The Morgan fingerprint density at radius 2 is 2.24 bits per heavy atom. The Bertz CT molecular complexity index is 438. The Hall–Kier alpha value is -1.51. The summed E-state index contributed by atoms with van der Waals surface area (Å²) in [5.41, 5.74) is 3.12. The van der Waals surface area contributed by atoms with Crippen LogP contribution in [-0.2, 0) is 11.2 Å². The molecular weight excluding hydrogens is 214 g/mol. The fraction of sp³-hybridized carbons (Fsp3) is 0.500. The monoisotopic (exact) mass is 233 g/mol. The Kier molecular flexibility index (Phi) is 3.09. The molecule has 0 aromatic heterocycles. The first-order valence-electron chi connectivity index (χ1n) is 6.10. The molecule has 1 aliphatic rings. The van der Waals surface area contributed by atoms with Gasteiger partial charge >= 0.3 is 5.97 Å². The molecule has 0 saturated carbocycles. The lowest BCUT2D eigenvalue weighted by Gasteiger charge is -2.33. The molecule has 17 heavy (non-hydrogen) atoms.